The summed E-state index contributed by atoms with van der Waals surface area (Å²) in [4.78, 5) is 0. The van der Waals surface area contributed by atoms with Crippen LogP contribution in [0.2, 0.25) is 0 Å². The van der Waals surface area contributed by atoms with Gasteiger partial charge in [-0.25, -0.2) is 0 Å². The Labute approximate surface area is 74.1 Å². The van der Waals surface area contributed by atoms with Crippen LogP contribution in [0.3, 0.4) is 0 Å². The lowest BCUT2D eigenvalue weighted by Crippen LogP contribution is -2.13. The van der Waals surface area contributed by atoms with E-state index in [4.69, 9.17) is 11.2 Å². The fourth-order valence-electron chi connectivity index (χ4n) is 1.14. The Hall–Kier alpha value is -0.230. The molecule has 3 heteroatoms. The van der Waals surface area contributed by atoms with Crippen molar-refractivity contribution in [2.24, 2.45) is 5.92 Å². The van der Waals surface area contributed by atoms with Gasteiger partial charge in [0, 0.05) is 6.54 Å². The lowest BCUT2D eigenvalue weighted by molar-refractivity contribution is 0.133. The van der Waals surface area contributed by atoms with Crippen LogP contribution in [-0.4, -0.2) is 26.3 Å². The maximum absolute atomic E-state index is 5.19. The molecule has 1 saturated heterocycles. The summed E-state index contributed by atoms with van der Waals surface area (Å²) in [6.45, 7) is 3.49. The number of ether oxygens (including phenoxy) is 1. The summed E-state index contributed by atoms with van der Waals surface area (Å²) in [6.07, 6.45) is 6.25. The van der Waals surface area contributed by atoms with Crippen molar-refractivity contribution in [1.29, 1.82) is 0 Å². The Morgan fingerprint density at radius 1 is 1.64 bits per heavy atom. The van der Waals surface area contributed by atoms with Crippen LogP contribution in [0.5, 0.6) is 0 Å². The number of nitrogens with one attached hydrogen (secondary N) is 1. The minimum Gasteiger partial charge on any atom is -0.368 e. The predicted octanol–water partition coefficient (Wildman–Crippen LogP) is 0.667. The van der Waals surface area contributed by atoms with Crippen LogP contribution in [0.1, 0.15) is 6.42 Å². The molecule has 0 aliphatic carbocycles. The van der Waals surface area contributed by atoms with Gasteiger partial charge in [-0.2, -0.15) is 0 Å². The Morgan fingerprint density at radius 2 is 2.45 bits per heavy atom. The Morgan fingerprint density at radius 3 is 3.00 bits per heavy atom. The molecule has 1 heterocycles. The van der Waals surface area contributed by atoms with Crippen molar-refractivity contribution in [1.82, 2.24) is 5.32 Å². The van der Waals surface area contributed by atoms with Gasteiger partial charge in [0.15, 0.2) is 0 Å². The molecule has 1 unspecified atom stereocenters. The molecule has 11 heavy (non-hydrogen) atoms. The third kappa shape index (κ3) is 4.26. The molecule has 0 aromatic heterocycles. The van der Waals surface area contributed by atoms with Crippen LogP contribution >= 0.6 is 12.4 Å². The van der Waals surface area contributed by atoms with Gasteiger partial charge in [-0.05, 0) is 18.9 Å². The zero-order valence-corrected chi connectivity index (χ0v) is 7.32. The van der Waals surface area contributed by atoms with E-state index in [0.717, 1.165) is 19.7 Å². The first kappa shape index (κ1) is 10.8. The largest absolute Gasteiger partial charge is 0.368 e. The first-order valence-corrected chi connectivity index (χ1v) is 3.65. The fourth-order valence-corrected chi connectivity index (χ4v) is 1.14. The van der Waals surface area contributed by atoms with Crippen molar-refractivity contribution < 1.29 is 4.74 Å². The van der Waals surface area contributed by atoms with Crippen molar-refractivity contribution in [3.63, 3.8) is 0 Å². The van der Waals surface area contributed by atoms with Gasteiger partial charge in [0.05, 0.1) is 6.61 Å². The van der Waals surface area contributed by atoms with Gasteiger partial charge in [0.2, 0.25) is 0 Å². The number of halogens is 1. The van der Waals surface area contributed by atoms with Crippen LogP contribution < -0.4 is 5.32 Å². The van der Waals surface area contributed by atoms with Crippen molar-refractivity contribution in [3.05, 3.63) is 0 Å². The monoisotopic (exact) mass is 175 g/mol. The maximum Gasteiger partial charge on any atom is 0.107 e. The van der Waals surface area contributed by atoms with E-state index in [-0.39, 0.29) is 12.4 Å². The second-order valence-electron chi connectivity index (χ2n) is 2.58. The molecule has 1 aliphatic rings. The van der Waals surface area contributed by atoms with Crippen LogP contribution in [0.15, 0.2) is 0 Å². The number of terminal acetylenes is 1. The Balaban J connectivity index is 0.000001000. The first-order valence-electron chi connectivity index (χ1n) is 3.65. The van der Waals surface area contributed by atoms with Gasteiger partial charge in [0.25, 0.3) is 0 Å². The van der Waals surface area contributed by atoms with Crippen molar-refractivity contribution in [2.45, 2.75) is 6.42 Å². The summed E-state index contributed by atoms with van der Waals surface area (Å²) in [7, 11) is 0. The Kier molecular flexibility index (Phi) is 6.34. The fraction of sp³-hybridized carbons (Fsp3) is 0.750. The average molecular weight is 176 g/mol. The van der Waals surface area contributed by atoms with E-state index in [0.29, 0.717) is 12.5 Å². The second kappa shape index (κ2) is 6.48. The van der Waals surface area contributed by atoms with E-state index in [2.05, 4.69) is 11.2 Å². The summed E-state index contributed by atoms with van der Waals surface area (Å²) in [5.74, 6) is 3.14. The molecule has 0 aromatic carbocycles. The highest BCUT2D eigenvalue weighted by Crippen LogP contribution is 2.06. The summed E-state index contributed by atoms with van der Waals surface area (Å²) >= 11 is 0. The normalized spacial score (nSPS) is 22.3. The second-order valence-corrected chi connectivity index (χ2v) is 2.58. The number of hydrogen-bond donors (Lipinski definition) is 1. The van der Waals surface area contributed by atoms with Gasteiger partial charge in [-0.3, -0.25) is 0 Å². The molecule has 1 N–H and O–H groups in total. The summed E-state index contributed by atoms with van der Waals surface area (Å²) in [5.41, 5.74) is 0. The van der Waals surface area contributed by atoms with Crippen LogP contribution in [-0.2, 0) is 4.74 Å². The molecule has 64 valence electrons. The minimum absolute atomic E-state index is 0. The zero-order chi connectivity index (χ0) is 7.23. The van der Waals surface area contributed by atoms with Crippen molar-refractivity contribution >= 4 is 12.4 Å². The molecule has 0 amide bonds. The molecule has 0 aromatic rings. The molecular formula is C8H14ClNO. The molecule has 2 nitrogen and oxygen atoms in total. The Bertz CT molecular complexity index is 127. The lowest BCUT2D eigenvalue weighted by atomic mass is 10.1. The molecule has 1 fully saturated rings. The molecule has 1 atom stereocenters. The first-order chi connectivity index (χ1) is 4.93. The van der Waals surface area contributed by atoms with Gasteiger partial charge in [-0.1, -0.05) is 5.92 Å². The predicted molar refractivity (Wildman–Crippen MR) is 47.9 cm³/mol. The van der Waals surface area contributed by atoms with Crippen LogP contribution in [0.4, 0.5) is 0 Å². The molecule has 0 saturated carbocycles. The van der Waals surface area contributed by atoms with Crippen LogP contribution in [0, 0.1) is 18.3 Å². The van der Waals surface area contributed by atoms with Crippen molar-refractivity contribution in [2.75, 3.05) is 26.3 Å². The number of hydrogen-bond acceptors (Lipinski definition) is 2. The van der Waals surface area contributed by atoms with E-state index in [1.54, 1.807) is 0 Å². The smallest absolute Gasteiger partial charge is 0.107 e. The minimum atomic E-state index is 0. The summed E-state index contributed by atoms with van der Waals surface area (Å²) in [5, 5.41) is 3.27. The van der Waals surface area contributed by atoms with E-state index in [1.165, 1.54) is 6.42 Å². The van der Waals surface area contributed by atoms with Gasteiger partial charge < -0.3 is 10.1 Å². The summed E-state index contributed by atoms with van der Waals surface area (Å²) < 4.78 is 5.19. The highest BCUT2D eigenvalue weighted by Gasteiger charge is 2.13. The number of rotatable bonds is 3. The SMILES string of the molecule is C#CCOCC1CCNC1.Cl. The van der Waals surface area contributed by atoms with E-state index in [9.17, 15) is 0 Å². The molecule has 0 bridgehead atoms. The van der Waals surface area contributed by atoms with Crippen molar-refractivity contribution in [3.8, 4) is 12.3 Å². The standard InChI is InChI=1S/C8H13NO.ClH/c1-2-5-10-7-8-3-4-9-6-8;/h1,8-9H,3-7H2;1H. The van der Waals surface area contributed by atoms with Gasteiger partial charge in [0.1, 0.15) is 6.61 Å². The van der Waals surface area contributed by atoms with Gasteiger partial charge in [-0.15, -0.1) is 18.8 Å². The summed E-state index contributed by atoms with van der Waals surface area (Å²) in [6, 6.07) is 0. The maximum atomic E-state index is 5.19. The third-order valence-electron chi connectivity index (χ3n) is 1.70. The quantitative estimate of drug-likeness (QED) is 0.503. The topological polar surface area (TPSA) is 21.3 Å². The van der Waals surface area contributed by atoms with E-state index in [1.807, 2.05) is 0 Å². The zero-order valence-electron chi connectivity index (χ0n) is 6.51. The highest BCUT2D eigenvalue weighted by molar-refractivity contribution is 5.85. The molecule has 0 spiro atoms. The average Bonchev–Trinajstić information content (AvgIpc) is 2.41. The molecule has 0 radical (unpaired) electrons. The third-order valence-corrected chi connectivity index (χ3v) is 1.70. The van der Waals surface area contributed by atoms with Crippen LogP contribution in [0.25, 0.3) is 0 Å². The van der Waals surface area contributed by atoms with E-state index < -0.39 is 0 Å². The highest BCUT2D eigenvalue weighted by atomic mass is 35.5. The lowest BCUT2D eigenvalue weighted by Gasteiger charge is -2.05. The molecule has 1 aliphatic heterocycles. The molecular weight excluding hydrogens is 162 g/mol. The molecule has 1 rings (SSSR count). The van der Waals surface area contributed by atoms with E-state index >= 15 is 0 Å². The van der Waals surface area contributed by atoms with Gasteiger partial charge >= 0.3 is 0 Å².